The van der Waals surface area contributed by atoms with Gasteiger partial charge in [0.05, 0.1) is 0 Å². The van der Waals surface area contributed by atoms with Crippen molar-refractivity contribution in [3.05, 3.63) is 0 Å². The lowest BCUT2D eigenvalue weighted by molar-refractivity contribution is -0.193. The van der Waals surface area contributed by atoms with Gasteiger partial charge in [-0.15, -0.1) is 0 Å². The molecule has 19 heavy (non-hydrogen) atoms. The summed E-state index contributed by atoms with van der Waals surface area (Å²) in [5.41, 5.74) is 1.97. The first-order valence-electron chi connectivity index (χ1n) is 5.32. The zero-order valence-electron chi connectivity index (χ0n) is 10.4. The highest BCUT2D eigenvalue weighted by atomic mass is 32.2. The predicted molar refractivity (Wildman–Crippen MR) is 66.3 cm³/mol. The summed E-state index contributed by atoms with van der Waals surface area (Å²) in [6, 6.07) is 0. The van der Waals surface area contributed by atoms with Crippen LogP contribution in [0.2, 0.25) is 0 Å². The molecule has 1 aliphatic heterocycles. The number of carbonyl (C=O) groups excluding carboxylic acids is 1. The summed E-state index contributed by atoms with van der Waals surface area (Å²) in [6.07, 6.45) is -4.04. The molecule has 1 fully saturated rings. The van der Waals surface area contributed by atoms with Gasteiger partial charge in [-0.2, -0.15) is 24.9 Å². The summed E-state index contributed by atoms with van der Waals surface area (Å²) >= 11 is 1.27. The fraction of sp³-hybridized carbons (Fsp3) is 0.889. The minimum atomic E-state index is -4.93. The van der Waals surface area contributed by atoms with Crippen molar-refractivity contribution < 1.29 is 26.4 Å². The zero-order chi connectivity index (χ0) is 15.1. The van der Waals surface area contributed by atoms with E-state index in [1.807, 2.05) is 0 Å². The molecule has 5 nitrogen and oxygen atoms in total. The van der Waals surface area contributed by atoms with Crippen molar-refractivity contribution >= 4 is 27.5 Å². The van der Waals surface area contributed by atoms with Crippen LogP contribution < -0.4 is 5.73 Å². The summed E-state index contributed by atoms with van der Waals surface area (Å²) < 4.78 is 61.3. The highest BCUT2D eigenvalue weighted by Crippen LogP contribution is 2.32. The van der Waals surface area contributed by atoms with Crippen LogP contribution in [0.5, 0.6) is 0 Å². The third-order valence-electron chi connectivity index (χ3n) is 2.87. The lowest BCUT2D eigenvalue weighted by Crippen LogP contribution is -2.65. The van der Waals surface area contributed by atoms with Crippen molar-refractivity contribution in [3.8, 4) is 0 Å². The van der Waals surface area contributed by atoms with Gasteiger partial charge in [0.25, 0.3) is 5.91 Å². The molecule has 112 valence electrons. The first-order valence-corrected chi connectivity index (χ1v) is 8.43. The second-order valence-electron chi connectivity index (χ2n) is 4.56. The molecule has 1 amide bonds. The van der Waals surface area contributed by atoms with Crippen LogP contribution in [0.4, 0.5) is 13.2 Å². The highest BCUT2D eigenvalue weighted by molar-refractivity contribution is 8.00. The fourth-order valence-corrected chi connectivity index (χ4v) is 4.40. The van der Waals surface area contributed by atoms with Crippen LogP contribution in [-0.4, -0.2) is 60.6 Å². The number of hydrogen-bond donors (Lipinski definition) is 1. The van der Waals surface area contributed by atoms with E-state index in [1.54, 1.807) is 0 Å². The topological polar surface area (TPSA) is 80.5 Å². The maximum Gasteiger partial charge on any atom is 0.415 e. The Balaban J connectivity index is 3.09. The number of amides is 1. The van der Waals surface area contributed by atoms with E-state index in [9.17, 15) is 26.4 Å². The first kappa shape index (κ1) is 16.6. The van der Waals surface area contributed by atoms with Crippen LogP contribution in [0.3, 0.4) is 0 Å². The molecule has 1 heterocycles. The van der Waals surface area contributed by atoms with Gasteiger partial charge in [-0.25, -0.2) is 8.42 Å². The maximum absolute atomic E-state index is 12.7. The summed E-state index contributed by atoms with van der Waals surface area (Å²) in [6.45, 7) is 0.487. The lowest BCUT2D eigenvalue weighted by Gasteiger charge is -2.39. The highest BCUT2D eigenvalue weighted by Gasteiger charge is 2.56. The van der Waals surface area contributed by atoms with Crippen LogP contribution in [0.25, 0.3) is 0 Å². The third kappa shape index (κ3) is 3.34. The average Bonchev–Trinajstić information content (AvgIpc) is 2.25. The quantitative estimate of drug-likeness (QED) is 0.787. The molecule has 0 bridgehead atoms. The van der Waals surface area contributed by atoms with Gasteiger partial charge in [-0.3, -0.25) is 4.79 Å². The van der Waals surface area contributed by atoms with Crippen molar-refractivity contribution in [2.45, 2.75) is 24.0 Å². The van der Waals surface area contributed by atoms with Crippen LogP contribution in [0, 0.1) is 0 Å². The molecule has 2 atom stereocenters. The minimum absolute atomic E-state index is 0.0541. The number of rotatable bonds is 2. The number of hydrogen-bond acceptors (Lipinski definition) is 5. The number of nitrogens with two attached hydrogens (primary N) is 1. The van der Waals surface area contributed by atoms with Crippen LogP contribution in [-0.2, 0) is 14.6 Å². The lowest BCUT2D eigenvalue weighted by atomic mass is 10.0. The van der Waals surface area contributed by atoms with E-state index in [4.69, 9.17) is 5.73 Å². The zero-order valence-corrected chi connectivity index (χ0v) is 12.0. The van der Waals surface area contributed by atoms with Gasteiger partial charge in [0, 0.05) is 24.3 Å². The molecule has 0 aromatic rings. The second-order valence-corrected chi connectivity index (χ2v) is 7.91. The Morgan fingerprint density at radius 3 is 2.37 bits per heavy atom. The first-order chi connectivity index (χ1) is 8.39. The van der Waals surface area contributed by atoms with Gasteiger partial charge in [0.2, 0.25) is 0 Å². The monoisotopic (exact) mass is 320 g/mol. The van der Waals surface area contributed by atoms with Gasteiger partial charge in [0.15, 0.2) is 15.4 Å². The van der Waals surface area contributed by atoms with Gasteiger partial charge in [0.1, 0.15) is 5.37 Å². The Bertz CT molecular complexity index is 462. The molecule has 0 radical (unpaired) electrons. The number of thioether (sulfide) groups is 1. The molecule has 2 N–H and O–H groups in total. The average molecular weight is 320 g/mol. The van der Waals surface area contributed by atoms with E-state index in [1.165, 1.54) is 11.8 Å². The van der Waals surface area contributed by atoms with Crippen molar-refractivity contribution in [3.63, 3.8) is 0 Å². The summed E-state index contributed by atoms with van der Waals surface area (Å²) in [5.74, 6) is -0.972. The smallest absolute Gasteiger partial charge is 0.322 e. The molecular weight excluding hydrogens is 305 g/mol. The van der Waals surface area contributed by atoms with Crippen LogP contribution in [0.1, 0.15) is 6.92 Å². The summed E-state index contributed by atoms with van der Waals surface area (Å²) in [4.78, 5) is 12.7. The molecule has 2 unspecified atom stereocenters. The molecular formula is C9H15F3N2O3S2. The predicted octanol–water partition coefficient (Wildman–Crippen LogP) is 0.212. The Morgan fingerprint density at radius 1 is 1.42 bits per heavy atom. The Morgan fingerprint density at radius 2 is 1.95 bits per heavy atom. The molecule has 1 rings (SSSR count). The van der Waals surface area contributed by atoms with E-state index in [0.717, 1.165) is 11.2 Å². The van der Waals surface area contributed by atoms with Gasteiger partial charge >= 0.3 is 6.18 Å². The molecule has 10 heteroatoms. The van der Waals surface area contributed by atoms with Crippen molar-refractivity contribution in [1.82, 2.24) is 4.90 Å². The molecule has 0 aromatic heterocycles. The third-order valence-corrected chi connectivity index (χ3v) is 5.52. The van der Waals surface area contributed by atoms with E-state index in [0.29, 0.717) is 12.7 Å². The van der Waals surface area contributed by atoms with Crippen molar-refractivity contribution in [2.75, 3.05) is 24.3 Å². The number of halogens is 3. The SMILES string of the molecule is CC(N)(C(=O)N1CCSCC1S(C)(=O)=O)C(F)(F)F. The van der Waals surface area contributed by atoms with Crippen LogP contribution >= 0.6 is 11.8 Å². The molecule has 0 aliphatic carbocycles. The van der Waals surface area contributed by atoms with Crippen molar-refractivity contribution in [2.24, 2.45) is 5.73 Å². The van der Waals surface area contributed by atoms with E-state index in [2.05, 4.69) is 0 Å². The molecule has 1 saturated heterocycles. The second kappa shape index (κ2) is 5.13. The number of alkyl halides is 3. The molecule has 0 saturated carbocycles. The Kier molecular flexibility index (Phi) is 4.48. The Hall–Kier alpha value is -0.480. The van der Waals surface area contributed by atoms with Crippen molar-refractivity contribution in [1.29, 1.82) is 0 Å². The van der Waals surface area contributed by atoms with Gasteiger partial charge in [-0.05, 0) is 6.92 Å². The maximum atomic E-state index is 12.7. The number of sulfone groups is 1. The Labute approximate surface area is 113 Å². The van der Waals surface area contributed by atoms with Gasteiger partial charge in [-0.1, -0.05) is 0 Å². The van der Waals surface area contributed by atoms with Crippen LogP contribution in [0.15, 0.2) is 0 Å². The van der Waals surface area contributed by atoms with E-state index in [-0.39, 0.29) is 12.3 Å². The molecule has 0 spiro atoms. The standard InChI is InChI=1S/C9H15F3N2O3S2/c1-8(13,9(10,11)12)7(15)14-3-4-18-5-6(14)19(2,16)17/h6H,3-5,13H2,1-2H3. The number of carbonyl (C=O) groups is 1. The normalized spacial score (nSPS) is 24.9. The molecule has 0 aromatic carbocycles. The summed E-state index contributed by atoms with van der Waals surface area (Å²) in [5, 5.41) is -1.26. The van der Waals surface area contributed by atoms with E-state index < -0.39 is 32.8 Å². The van der Waals surface area contributed by atoms with Gasteiger partial charge < -0.3 is 10.6 Å². The van der Waals surface area contributed by atoms with E-state index >= 15 is 0 Å². The largest absolute Gasteiger partial charge is 0.415 e. The molecule has 1 aliphatic rings. The minimum Gasteiger partial charge on any atom is -0.322 e. The summed E-state index contributed by atoms with van der Waals surface area (Å²) in [7, 11) is -3.66. The number of nitrogens with zero attached hydrogens (tertiary/aromatic N) is 1. The fourth-order valence-electron chi connectivity index (χ4n) is 1.59.